The van der Waals surface area contributed by atoms with Gasteiger partial charge in [-0.25, -0.2) is 4.39 Å². The van der Waals surface area contributed by atoms with Gasteiger partial charge in [0.15, 0.2) is 5.82 Å². The molecule has 3 rings (SSSR count). The number of halogens is 3. The van der Waals surface area contributed by atoms with Crippen LogP contribution in [0.1, 0.15) is 43.2 Å². The summed E-state index contributed by atoms with van der Waals surface area (Å²) in [6.07, 6.45) is 2.11. The number of ketones is 2. The Kier molecular flexibility index (Phi) is 5.26. The van der Waals surface area contributed by atoms with E-state index in [2.05, 4.69) is 0 Å². The summed E-state index contributed by atoms with van der Waals surface area (Å²) < 4.78 is 14.5. The molecule has 0 unspecified atom stereocenters. The molecular formula is C20H17Cl2FO2. The molecule has 130 valence electrons. The maximum absolute atomic E-state index is 14.5. The molecule has 25 heavy (non-hydrogen) atoms. The highest BCUT2D eigenvalue weighted by molar-refractivity contribution is 6.42. The standard InChI is InChI=1S/C20H17Cl2FO2/c1-2-11-6-7-12(13-8-9-15(21)19(22)20(13)23)10-14(11)18-16(24)4-3-5-17(18)25/h6-10,18H,2-5H2,1H3. The van der Waals surface area contributed by atoms with Gasteiger partial charge in [0.1, 0.15) is 17.5 Å². The minimum Gasteiger partial charge on any atom is -0.299 e. The van der Waals surface area contributed by atoms with Crippen molar-refractivity contribution < 1.29 is 14.0 Å². The minimum atomic E-state index is -0.741. The zero-order chi connectivity index (χ0) is 18.1. The number of hydrogen-bond donors (Lipinski definition) is 0. The second-order valence-electron chi connectivity index (χ2n) is 6.21. The number of rotatable bonds is 3. The second-order valence-corrected chi connectivity index (χ2v) is 6.99. The summed E-state index contributed by atoms with van der Waals surface area (Å²) in [5.41, 5.74) is 2.49. The van der Waals surface area contributed by atoms with Crippen molar-refractivity contribution in [3.8, 4) is 11.1 Å². The van der Waals surface area contributed by atoms with Gasteiger partial charge in [0.05, 0.1) is 10.0 Å². The highest BCUT2D eigenvalue weighted by Gasteiger charge is 2.33. The minimum absolute atomic E-state index is 0.0577. The van der Waals surface area contributed by atoms with E-state index in [0.717, 1.165) is 5.56 Å². The molecular weight excluding hydrogens is 362 g/mol. The normalized spacial score (nSPS) is 15.7. The summed E-state index contributed by atoms with van der Waals surface area (Å²) in [6, 6.07) is 8.46. The van der Waals surface area contributed by atoms with Crippen molar-refractivity contribution in [3.63, 3.8) is 0 Å². The van der Waals surface area contributed by atoms with Crippen molar-refractivity contribution in [1.82, 2.24) is 0 Å². The van der Waals surface area contributed by atoms with Crippen LogP contribution in [0.3, 0.4) is 0 Å². The molecule has 1 aliphatic carbocycles. The van der Waals surface area contributed by atoms with E-state index in [1.807, 2.05) is 13.0 Å². The average molecular weight is 379 g/mol. The quantitative estimate of drug-likeness (QED) is 0.501. The van der Waals surface area contributed by atoms with Gasteiger partial charge >= 0.3 is 0 Å². The van der Waals surface area contributed by atoms with E-state index in [4.69, 9.17) is 23.2 Å². The highest BCUT2D eigenvalue weighted by Crippen LogP contribution is 2.36. The van der Waals surface area contributed by atoms with Crippen molar-refractivity contribution in [1.29, 1.82) is 0 Å². The number of carbonyl (C=O) groups excluding carboxylic acids is 2. The van der Waals surface area contributed by atoms with Crippen molar-refractivity contribution in [3.05, 3.63) is 57.3 Å². The van der Waals surface area contributed by atoms with Crippen LogP contribution in [0.15, 0.2) is 30.3 Å². The Balaban J connectivity index is 2.14. The molecule has 5 heteroatoms. The Labute approximate surface area is 155 Å². The van der Waals surface area contributed by atoms with Gasteiger partial charge in [0.2, 0.25) is 0 Å². The van der Waals surface area contributed by atoms with Crippen molar-refractivity contribution in [2.24, 2.45) is 0 Å². The first-order chi connectivity index (χ1) is 11.9. The molecule has 0 bridgehead atoms. The van der Waals surface area contributed by atoms with Gasteiger partial charge in [-0.15, -0.1) is 0 Å². The summed E-state index contributed by atoms with van der Waals surface area (Å²) >= 11 is 11.8. The van der Waals surface area contributed by atoms with Crippen molar-refractivity contribution >= 4 is 34.8 Å². The molecule has 2 nitrogen and oxygen atoms in total. The topological polar surface area (TPSA) is 34.1 Å². The van der Waals surface area contributed by atoms with Crippen LogP contribution in [-0.4, -0.2) is 11.6 Å². The third kappa shape index (κ3) is 3.36. The lowest BCUT2D eigenvalue weighted by molar-refractivity contribution is -0.131. The molecule has 2 aromatic rings. The van der Waals surface area contributed by atoms with Gasteiger partial charge < -0.3 is 0 Å². The van der Waals surface area contributed by atoms with E-state index in [-0.39, 0.29) is 21.6 Å². The predicted octanol–water partition coefficient (Wildman–Crippen LogP) is 5.77. The van der Waals surface area contributed by atoms with Gasteiger partial charge in [-0.2, -0.15) is 0 Å². The summed E-state index contributed by atoms with van der Waals surface area (Å²) in [5.74, 6) is -1.46. The molecule has 0 heterocycles. The molecule has 0 spiro atoms. The molecule has 2 aromatic carbocycles. The van der Waals surface area contributed by atoms with E-state index < -0.39 is 11.7 Å². The van der Waals surface area contributed by atoms with Crippen molar-refractivity contribution in [2.75, 3.05) is 0 Å². The van der Waals surface area contributed by atoms with Crippen molar-refractivity contribution in [2.45, 2.75) is 38.5 Å². The fourth-order valence-electron chi connectivity index (χ4n) is 3.35. The molecule has 0 N–H and O–H groups in total. The molecule has 1 fully saturated rings. The van der Waals surface area contributed by atoms with Gasteiger partial charge in [0.25, 0.3) is 0 Å². The number of Topliss-reactive ketones (excluding diaryl/α,β-unsaturated/α-hetero) is 2. The van der Waals surface area contributed by atoms with E-state index in [1.54, 1.807) is 18.2 Å². The lowest BCUT2D eigenvalue weighted by Crippen LogP contribution is -2.27. The lowest BCUT2D eigenvalue weighted by Gasteiger charge is -2.23. The molecule has 0 saturated heterocycles. The monoisotopic (exact) mass is 378 g/mol. The number of carbonyl (C=O) groups is 2. The highest BCUT2D eigenvalue weighted by atomic mass is 35.5. The van der Waals surface area contributed by atoms with Gasteiger partial charge in [-0.3, -0.25) is 9.59 Å². The Bertz CT molecular complexity index is 845. The average Bonchev–Trinajstić information content (AvgIpc) is 2.60. The van der Waals surface area contributed by atoms with Gasteiger partial charge in [-0.1, -0.05) is 42.3 Å². The van der Waals surface area contributed by atoms with Crippen LogP contribution in [0.4, 0.5) is 4.39 Å². The first-order valence-electron chi connectivity index (χ1n) is 8.26. The number of aryl methyl sites for hydroxylation is 1. The largest absolute Gasteiger partial charge is 0.299 e. The Morgan fingerprint density at radius 3 is 2.40 bits per heavy atom. The first kappa shape index (κ1) is 18.1. The maximum Gasteiger partial charge on any atom is 0.151 e. The first-order valence-corrected chi connectivity index (χ1v) is 9.01. The van der Waals surface area contributed by atoms with E-state index in [9.17, 15) is 14.0 Å². The van der Waals surface area contributed by atoms with Crippen LogP contribution < -0.4 is 0 Å². The Morgan fingerprint density at radius 2 is 1.76 bits per heavy atom. The Hall–Kier alpha value is -1.71. The predicted molar refractivity (Wildman–Crippen MR) is 97.8 cm³/mol. The summed E-state index contributed by atoms with van der Waals surface area (Å²) in [4.78, 5) is 24.7. The molecule has 1 aliphatic rings. The molecule has 0 atom stereocenters. The second kappa shape index (κ2) is 7.27. The third-order valence-corrected chi connectivity index (χ3v) is 5.46. The molecule has 0 radical (unpaired) electrons. The zero-order valence-corrected chi connectivity index (χ0v) is 15.3. The molecule has 0 aliphatic heterocycles. The molecule has 0 aromatic heterocycles. The number of benzene rings is 2. The van der Waals surface area contributed by atoms with Gasteiger partial charge in [-0.05, 0) is 47.7 Å². The zero-order valence-electron chi connectivity index (χ0n) is 13.7. The number of hydrogen-bond acceptors (Lipinski definition) is 2. The van der Waals surface area contributed by atoms with E-state index >= 15 is 0 Å². The van der Waals surface area contributed by atoms with Crippen LogP contribution in [-0.2, 0) is 16.0 Å². The lowest BCUT2D eigenvalue weighted by atomic mass is 9.79. The fraction of sp³-hybridized carbons (Fsp3) is 0.300. The summed E-state index contributed by atoms with van der Waals surface area (Å²) in [7, 11) is 0. The van der Waals surface area contributed by atoms with E-state index in [1.165, 1.54) is 6.07 Å². The van der Waals surface area contributed by atoms with Crippen LogP contribution in [0.5, 0.6) is 0 Å². The summed E-state index contributed by atoms with van der Waals surface area (Å²) in [6.45, 7) is 1.97. The van der Waals surface area contributed by atoms with Crippen LogP contribution >= 0.6 is 23.2 Å². The van der Waals surface area contributed by atoms with Crippen LogP contribution in [0.2, 0.25) is 10.0 Å². The maximum atomic E-state index is 14.5. The van der Waals surface area contributed by atoms with Gasteiger partial charge in [0, 0.05) is 18.4 Å². The smallest absolute Gasteiger partial charge is 0.151 e. The van der Waals surface area contributed by atoms with E-state index in [0.29, 0.717) is 42.4 Å². The Morgan fingerprint density at radius 1 is 1.08 bits per heavy atom. The van der Waals surface area contributed by atoms with Crippen LogP contribution in [0.25, 0.3) is 11.1 Å². The molecule has 1 saturated carbocycles. The SMILES string of the molecule is CCc1ccc(-c2ccc(Cl)c(Cl)c2F)cc1C1C(=O)CCCC1=O. The summed E-state index contributed by atoms with van der Waals surface area (Å²) in [5, 5.41) is 0.0102. The van der Waals surface area contributed by atoms with Crippen LogP contribution in [0, 0.1) is 5.82 Å². The fourth-order valence-corrected chi connectivity index (χ4v) is 3.66. The third-order valence-electron chi connectivity index (χ3n) is 4.67. The molecule has 0 amide bonds.